The summed E-state index contributed by atoms with van der Waals surface area (Å²) < 4.78 is 0. The van der Waals surface area contributed by atoms with Crippen LogP contribution < -0.4 is 22.8 Å². The van der Waals surface area contributed by atoms with Gasteiger partial charge >= 0.3 is 0 Å². The van der Waals surface area contributed by atoms with Gasteiger partial charge in [-0.3, -0.25) is 4.79 Å². The monoisotopic (exact) mass is 140 g/mol. The zero-order valence-electron chi connectivity index (χ0n) is 5.22. The van der Waals surface area contributed by atoms with Crippen molar-refractivity contribution in [2.75, 3.05) is 17.2 Å². The number of nitrogens with two attached hydrogens (primary N) is 3. The summed E-state index contributed by atoms with van der Waals surface area (Å²) in [6, 6.07) is 0. The van der Waals surface area contributed by atoms with E-state index in [0.29, 0.717) is 0 Å². The number of hydrogen-bond donors (Lipinski definition) is 4. The van der Waals surface area contributed by atoms with Gasteiger partial charge in [-0.1, -0.05) is 0 Å². The van der Waals surface area contributed by atoms with Gasteiger partial charge in [-0.2, -0.15) is 0 Å². The first-order valence-corrected chi connectivity index (χ1v) is 2.65. The highest BCUT2D eigenvalue weighted by molar-refractivity contribution is 5.74. The molecule has 5 nitrogen and oxygen atoms in total. The minimum atomic E-state index is -0.410. The summed E-state index contributed by atoms with van der Waals surface area (Å²) >= 11 is 0. The standard InChI is InChI=1S/C5H8N4O/c6-2-1-9-5(10)4(8)3(2)7/h1H,6,8H2,(H3,7,9,10). The third-order valence-electron chi connectivity index (χ3n) is 1.20. The minimum absolute atomic E-state index is 0.0278. The maximum Gasteiger partial charge on any atom is 0.273 e. The Balaban J connectivity index is 3.49. The Morgan fingerprint density at radius 1 is 1.20 bits per heavy atom. The van der Waals surface area contributed by atoms with Crippen LogP contribution in [0.15, 0.2) is 11.0 Å². The second kappa shape index (κ2) is 1.94. The molecule has 5 heteroatoms. The van der Waals surface area contributed by atoms with Crippen molar-refractivity contribution in [1.82, 2.24) is 4.98 Å². The molecule has 0 saturated carbocycles. The van der Waals surface area contributed by atoms with Crippen molar-refractivity contribution < 1.29 is 0 Å². The Morgan fingerprint density at radius 3 is 2.30 bits per heavy atom. The molecular weight excluding hydrogens is 132 g/mol. The smallest absolute Gasteiger partial charge is 0.273 e. The third-order valence-corrected chi connectivity index (χ3v) is 1.20. The molecule has 0 aliphatic rings. The van der Waals surface area contributed by atoms with Crippen molar-refractivity contribution in [2.45, 2.75) is 0 Å². The Kier molecular flexibility index (Phi) is 1.26. The number of pyridine rings is 1. The maximum atomic E-state index is 10.7. The summed E-state index contributed by atoms with van der Waals surface area (Å²) in [6.45, 7) is 0. The van der Waals surface area contributed by atoms with Crippen LogP contribution >= 0.6 is 0 Å². The average molecular weight is 140 g/mol. The molecule has 0 unspecified atom stereocenters. The molecule has 10 heavy (non-hydrogen) atoms. The van der Waals surface area contributed by atoms with Crippen molar-refractivity contribution in [1.29, 1.82) is 0 Å². The van der Waals surface area contributed by atoms with Crippen LogP contribution in [-0.4, -0.2) is 4.98 Å². The molecule has 0 aromatic carbocycles. The SMILES string of the molecule is Nc1c[nH]c(=O)c(N)c1N. The van der Waals surface area contributed by atoms with Gasteiger partial charge in [0.2, 0.25) is 0 Å². The summed E-state index contributed by atoms with van der Waals surface area (Å²) in [5.74, 6) is 0. The summed E-state index contributed by atoms with van der Waals surface area (Å²) in [4.78, 5) is 13.0. The Bertz CT molecular complexity index is 303. The largest absolute Gasteiger partial charge is 0.396 e. The quantitative estimate of drug-likeness (QED) is 0.375. The molecule has 0 amide bonds. The lowest BCUT2D eigenvalue weighted by atomic mass is 10.3. The lowest BCUT2D eigenvalue weighted by Gasteiger charge is -1.99. The first-order chi connectivity index (χ1) is 4.63. The molecule has 0 bridgehead atoms. The third kappa shape index (κ3) is 0.771. The van der Waals surface area contributed by atoms with E-state index in [0.717, 1.165) is 0 Å². The Labute approximate surface area is 56.8 Å². The van der Waals surface area contributed by atoms with Gasteiger partial charge in [0.05, 0.1) is 11.4 Å². The van der Waals surface area contributed by atoms with Gasteiger partial charge in [-0.25, -0.2) is 0 Å². The molecule has 0 aliphatic heterocycles. The molecule has 7 N–H and O–H groups in total. The lowest BCUT2D eigenvalue weighted by Crippen LogP contribution is -2.15. The van der Waals surface area contributed by atoms with Crippen molar-refractivity contribution >= 4 is 17.1 Å². The van der Waals surface area contributed by atoms with E-state index in [2.05, 4.69) is 4.98 Å². The van der Waals surface area contributed by atoms with Gasteiger partial charge in [0.25, 0.3) is 5.56 Å². The van der Waals surface area contributed by atoms with E-state index in [-0.39, 0.29) is 17.1 Å². The Morgan fingerprint density at radius 2 is 1.80 bits per heavy atom. The van der Waals surface area contributed by atoms with Crippen molar-refractivity contribution in [3.05, 3.63) is 16.6 Å². The number of H-pyrrole nitrogens is 1. The fourth-order valence-corrected chi connectivity index (χ4v) is 0.577. The van der Waals surface area contributed by atoms with Crippen LogP contribution in [0.3, 0.4) is 0 Å². The van der Waals surface area contributed by atoms with Gasteiger partial charge in [0.1, 0.15) is 5.69 Å². The molecule has 54 valence electrons. The minimum Gasteiger partial charge on any atom is -0.396 e. The van der Waals surface area contributed by atoms with Crippen LogP contribution in [-0.2, 0) is 0 Å². The van der Waals surface area contributed by atoms with Crippen LogP contribution in [0.2, 0.25) is 0 Å². The second-order valence-corrected chi connectivity index (χ2v) is 1.90. The first kappa shape index (κ1) is 6.47. The van der Waals surface area contributed by atoms with E-state index in [1.165, 1.54) is 6.20 Å². The van der Waals surface area contributed by atoms with Gasteiger partial charge in [0.15, 0.2) is 0 Å². The van der Waals surface area contributed by atoms with Crippen molar-refractivity contribution in [3.8, 4) is 0 Å². The number of aromatic amines is 1. The predicted octanol–water partition coefficient (Wildman–Crippen LogP) is -0.879. The summed E-state index contributed by atoms with van der Waals surface area (Å²) in [6.07, 6.45) is 1.31. The normalized spacial score (nSPS) is 9.60. The number of nitrogens with one attached hydrogen (secondary N) is 1. The van der Waals surface area contributed by atoms with E-state index in [1.54, 1.807) is 0 Å². The number of rotatable bonds is 0. The predicted molar refractivity (Wildman–Crippen MR) is 40.3 cm³/mol. The van der Waals surface area contributed by atoms with E-state index in [4.69, 9.17) is 17.2 Å². The highest BCUT2D eigenvalue weighted by atomic mass is 16.1. The Hall–Kier alpha value is -1.65. The van der Waals surface area contributed by atoms with Crippen molar-refractivity contribution in [2.24, 2.45) is 0 Å². The summed E-state index contributed by atoms with van der Waals surface area (Å²) in [7, 11) is 0. The highest BCUT2D eigenvalue weighted by Crippen LogP contribution is 2.14. The fourth-order valence-electron chi connectivity index (χ4n) is 0.577. The summed E-state index contributed by atoms with van der Waals surface area (Å²) in [5, 5.41) is 0. The van der Waals surface area contributed by atoms with E-state index < -0.39 is 5.56 Å². The van der Waals surface area contributed by atoms with Gasteiger partial charge in [-0.05, 0) is 0 Å². The molecule has 0 radical (unpaired) electrons. The molecule has 0 aliphatic carbocycles. The molecule has 0 spiro atoms. The average Bonchev–Trinajstić information content (AvgIpc) is 1.93. The molecule has 0 atom stereocenters. The van der Waals surface area contributed by atoms with Crippen LogP contribution in [0, 0.1) is 0 Å². The van der Waals surface area contributed by atoms with E-state index in [1.807, 2.05) is 0 Å². The first-order valence-electron chi connectivity index (χ1n) is 2.65. The lowest BCUT2D eigenvalue weighted by molar-refractivity contribution is 1.25. The van der Waals surface area contributed by atoms with E-state index >= 15 is 0 Å². The number of nitrogen functional groups attached to an aromatic ring is 3. The molecule has 1 aromatic heterocycles. The molecule has 0 saturated heterocycles. The number of hydrogen-bond acceptors (Lipinski definition) is 4. The van der Waals surface area contributed by atoms with E-state index in [9.17, 15) is 4.79 Å². The van der Waals surface area contributed by atoms with Gasteiger partial charge < -0.3 is 22.2 Å². The topological polar surface area (TPSA) is 111 Å². The van der Waals surface area contributed by atoms with Crippen LogP contribution in [0.5, 0.6) is 0 Å². The molecule has 1 rings (SSSR count). The highest BCUT2D eigenvalue weighted by Gasteiger charge is 2.01. The maximum absolute atomic E-state index is 10.7. The fraction of sp³-hybridized carbons (Fsp3) is 0. The van der Waals surface area contributed by atoms with Gasteiger partial charge in [-0.15, -0.1) is 0 Å². The molecular formula is C5H8N4O. The van der Waals surface area contributed by atoms with Crippen LogP contribution in [0.25, 0.3) is 0 Å². The number of anilines is 3. The molecule has 1 heterocycles. The zero-order chi connectivity index (χ0) is 7.72. The van der Waals surface area contributed by atoms with Gasteiger partial charge in [0, 0.05) is 6.20 Å². The summed E-state index contributed by atoms with van der Waals surface area (Å²) in [5.41, 5.74) is 15.9. The number of aromatic nitrogens is 1. The van der Waals surface area contributed by atoms with Crippen molar-refractivity contribution in [3.63, 3.8) is 0 Å². The molecule has 0 fully saturated rings. The van der Waals surface area contributed by atoms with Crippen LogP contribution in [0.1, 0.15) is 0 Å². The van der Waals surface area contributed by atoms with Crippen LogP contribution in [0.4, 0.5) is 17.1 Å². The zero-order valence-corrected chi connectivity index (χ0v) is 5.22. The second-order valence-electron chi connectivity index (χ2n) is 1.90. The molecule has 1 aromatic rings.